The van der Waals surface area contributed by atoms with E-state index in [0.29, 0.717) is 11.7 Å². The Morgan fingerprint density at radius 2 is 1.91 bits per heavy atom. The van der Waals surface area contributed by atoms with Crippen molar-refractivity contribution in [3.63, 3.8) is 0 Å². The molecule has 2 amide bonds. The maximum atomic E-state index is 13.2. The molecule has 0 spiro atoms. The lowest BCUT2D eigenvalue weighted by Crippen LogP contribution is -2.45. The highest BCUT2D eigenvalue weighted by Crippen LogP contribution is 2.37. The molecule has 0 bridgehead atoms. The number of carboxylic acid groups (broad SMARTS) is 1. The van der Waals surface area contributed by atoms with Crippen LogP contribution >= 0.6 is 34.9 Å². The van der Waals surface area contributed by atoms with Gasteiger partial charge in [0.15, 0.2) is 5.13 Å². The smallest absolute Gasteiger partial charge is 0.323 e. The Hall–Kier alpha value is -1.71. The first-order valence-corrected chi connectivity index (χ1v) is 14.1. The second-order valence-electron chi connectivity index (χ2n) is 8.98. The van der Waals surface area contributed by atoms with E-state index in [-0.39, 0.29) is 12.1 Å². The molecule has 1 aromatic carbocycles. The van der Waals surface area contributed by atoms with Crippen LogP contribution in [0.15, 0.2) is 40.7 Å². The normalized spacial score (nSPS) is 18.6. The van der Waals surface area contributed by atoms with Crippen LogP contribution < -0.4 is 5.32 Å². The summed E-state index contributed by atoms with van der Waals surface area (Å²) in [5, 5.41) is 12.8. The van der Waals surface area contributed by atoms with Gasteiger partial charge in [-0.05, 0) is 51.0 Å². The number of benzene rings is 1. The number of thiazole rings is 1. The molecule has 0 radical (unpaired) electrons. The summed E-state index contributed by atoms with van der Waals surface area (Å²) in [6.45, 7) is 6.30. The fourth-order valence-corrected chi connectivity index (χ4v) is 6.92. The number of carbonyl (C=O) groups is 2. The van der Waals surface area contributed by atoms with Gasteiger partial charge in [-0.1, -0.05) is 60.4 Å². The minimum absolute atomic E-state index is 0.113. The fraction of sp³-hybridized carbons (Fsp3) is 0.542. The maximum Gasteiger partial charge on any atom is 0.323 e. The third-order valence-electron chi connectivity index (χ3n) is 5.84. The number of carboxylic acids is 1. The molecule has 0 saturated heterocycles. The molecule has 0 aliphatic heterocycles. The van der Waals surface area contributed by atoms with Gasteiger partial charge in [0, 0.05) is 24.1 Å². The van der Waals surface area contributed by atoms with Crippen LogP contribution in [0, 0.1) is 5.92 Å². The van der Waals surface area contributed by atoms with Crippen molar-refractivity contribution in [1.29, 1.82) is 0 Å². The van der Waals surface area contributed by atoms with Crippen LogP contribution in [0.1, 0.15) is 52.0 Å². The number of aliphatic carboxylic acids is 1. The molecule has 0 atom stereocenters. The molecule has 1 heterocycles. The molecule has 3 rings (SSSR count). The Morgan fingerprint density at radius 1 is 1.21 bits per heavy atom. The number of thioether (sulfide) groups is 2. The molecular weight excluding hydrogens is 474 g/mol. The summed E-state index contributed by atoms with van der Waals surface area (Å²) < 4.78 is -0.177. The van der Waals surface area contributed by atoms with Gasteiger partial charge in [-0.15, -0.1) is 0 Å². The van der Waals surface area contributed by atoms with E-state index in [9.17, 15) is 14.7 Å². The van der Waals surface area contributed by atoms with E-state index in [1.807, 2.05) is 22.7 Å². The first kappa shape index (κ1) is 25.9. The van der Waals surface area contributed by atoms with Gasteiger partial charge in [-0.3, -0.25) is 10.1 Å². The predicted octanol–water partition coefficient (Wildman–Crippen LogP) is 6.44. The largest absolute Gasteiger partial charge is 0.480 e. The standard InChI is InChI=1S/C24H33N3O3S3/c1-17-9-11-19(12-10-17)27(13-14-31-16-18-7-5-4-6-8-18)23(30)26-22-25-15-20(32-22)33-24(2,3)21(28)29/h4-8,15,17,19H,9-14,16H2,1-3H3,(H,28,29)(H,25,26,30). The van der Waals surface area contributed by atoms with E-state index >= 15 is 0 Å². The van der Waals surface area contributed by atoms with E-state index in [1.165, 1.54) is 28.7 Å². The van der Waals surface area contributed by atoms with Crippen molar-refractivity contribution in [3.8, 4) is 0 Å². The lowest BCUT2D eigenvalue weighted by molar-refractivity contribution is -0.138. The number of carbonyl (C=O) groups excluding carboxylic acids is 1. The van der Waals surface area contributed by atoms with Gasteiger partial charge in [-0.2, -0.15) is 11.8 Å². The summed E-state index contributed by atoms with van der Waals surface area (Å²) in [4.78, 5) is 30.9. The lowest BCUT2D eigenvalue weighted by Gasteiger charge is -2.36. The lowest BCUT2D eigenvalue weighted by atomic mass is 9.86. The molecule has 2 aromatic rings. The number of rotatable bonds is 10. The molecule has 180 valence electrons. The number of urea groups is 1. The zero-order valence-electron chi connectivity index (χ0n) is 19.5. The van der Waals surface area contributed by atoms with Crippen molar-refractivity contribution in [2.45, 2.75) is 67.2 Å². The highest BCUT2D eigenvalue weighted by Gasteiger charge is 2.30. The molecule has 1 fully saturated rings. The van der Waals surface area contributed by atoms with Gasteiger partial charge in [0.1, 0.15) is 4.75 Å². The summed E-state index contributed by atoms with van der Waals surface area (Å²) >= 11 is 4.40. The third-order valence-corrected chi connectivity index (χ3v) is 9.05. The highest BCUT2D eigenvalue weighted by atomic mass is 32.2. The van der Waals surface area contributed by atoms with Crippen molar-refractivity contribution in [3.05, 3.63) is 42.1 Å². The zero-order chi connectivity index (χ0) is 23.8. The quantitative estimate of drug-likeness (QED) is 0.284. The van der Waals surface area contributed by atoms with Gasteiger partial charge < -0.3 is 10.0 Å². The number of anilines is 1. The molecule has 1 aliphatic rings. The Kier molecular flexibility index (Phi) is 9.52. The molecule has 1 aromatic heterocycles. The Labute approximate surface area is 208 Å². The van der Waals surface area contributed by atoms with E-state index in [1.54, 1.807) is 20.0 Å². The van der Waals surface area contributed by atoms with Crippen LogP contribution in [0.4, 0.5) is 9.93 Å². The molecule has 33 heavy (non-hydrogen) atoms. The van der Waals surface area contributed by atoms with Crippen LogP contribution in [0.5, 0.6) is 0 Å². The van der Waals surface area contributed by atoms with E-state index in [4.69, 9.17) is 0 Å². The molecule has 0 unspecified atom stereocenters. The van der Waals surface area contributed by atoms with Crippen molar-refractivity contribution in [1.82, 2.24) is 9.88 Å². The van der Waals surface area contributed by atoms with Gasteiger partial charge in [0.2, 0.25) is 0 Å². The summed E-state index contributed by atoms with van der Waals surface area (Å²) in [5.74, 6) is 1.65. The predicted molar refractivity (Wildman–Crippen MR) is 139 cm³/mol. The third kappa shape index (κ3) is 7.93. The van der Waals surface area contributed by atoms with Gasteiger partial charge in [0.25, 0.3) is 0 Å². The Balaban J connectivity index is 1.59. The van der Waals surface area contributed by atoms with Crippen molar-refractivity contribution < 1.29 is 14.7 Å². The number of nitrogens with zero attached hydrogens (tertiary/aromatic N) is 2. The molecular formula is C24H33N3O3S3. The summed E-state index contributed by atoms with van der Waals surface area (Å²) in [7, 11) is 0. The second kappa shape index (κ2) is 12.1. The minimum Gasteiger partial charge on any atom is -0.480 e. The van der Waals surface area contributed by atoms with E-state index < -0.39 is 10.7 Å². The topological polar surface area (TPSA) is 82.5 Å². The fourth-order valence-electron chi connectivity index (χ4n) is 3.75. The number of hydrogen-bond donors (Lipinski definition) is 2. The SMILES string of the molecule is CC1CCC(N(CCSCc2ccccc2)C(=O)Nc2ncc(SC(C)(C)C(=O)O)s2)CC1. The zero-order valence-corrected chi connectivity index (χ0v) is 21.9. The molecule has 2 N–H and O–H groups in total. The summed E-state index contributed by atoms with van der Waals surface area (Å²) in [5.41, 5.74) is 1.29. The number of aromatic nitrogens is 1. The molecule has 6 nitrogen and oxygen atoms in total. The molecule has 1 saturated carbocycles. The summed E-state index contributed by atoms with van der Waals surface area (Å²) in [6, 6.07) is 10.5. The number of amides is 2. The molecule has 9 heteroatoms. The van der Waals surface area contributed by atoms with Crippen LogP contribution in [-0.2, 0) is 10.5 Å². The van der Waals surface area contributed by atoms with Crippen molar-refractivity contribution in [2.24, 2.45) is 5.92 Å². The highest BCUT2D eigenvalue weighted by molar-refractivity contribution is 8.03. The first-order chi connectivity index (χ1) is 15.7. The monoisotopic (exact) mass is 507 g/mol. The van der Waals surface area contributed by atoms with Crippen LogP contribution in [0.3, 0.4) is 0 Å². The van der Waals surface area contributed by atoms with Crippen molar-refractivity contribution in [2.75, 3.05) is 17.6 Å². The minimum atomic E-state index is -0.950. The maximum absolute atomic E-state index is 13.2. The second-order valence-corrected chi connectivity index (χ2v) is 13.0. The number of hydrogen-bond acceptors (Lipinski definition) is 6. The van der Waals surface area contributed by atoms with Crippen LogP contribution in [-0.4, -0.2) is 50.1 Å². The van der Waals surface area contributed by atoms with E-state index in [0.717, 1.165) is 47.3 Å². The van der Waals surface area contributed by atoms with Gasteiger partial charge >= 0.3 is 12.0 Å². The number of nitrogens with one attached hydrogen (secondary N) is 1. The van der Waals surface area contributed by atoms with Crippen LogP contribution in [0.25, 0.3) is 0 Å². The average Bonchev–Trinajstić information content (AvgIpc) is 3.21. The summed E-state index contributed by atoms with van der Waals surface area (Å²) in [6.07, 6.45) is 5.99. The van der Waals surface area contributed by atoms with Crippen LogP contribution in [0.2, 0.25) is 0 Å². The van der Waals surface area contributed by atoms with Gasteiger partial charge in [0.05, 0.1) is 10.4 Å². The first-order valence-electron chi connectivity index (χ1n) is 11.3. The molecule has 1 aliphatic carbocycles. The Morgan fingerprint density at radius 3 is 2.58 bits per heavy atom. The van der Waals surface area contributed by atoms with Gasteiger partial charge in [-0.25, -0.2) is 9.78 Å². The van der Waals surface area contributed by atoms with Crippen molar-refractivity contribution >= 4 is 52.0 Å². The average molecular weight is 508 g/mol. The Bertz CT molecular complexity index is 912. The van der Waals surface area contributed by atoms with E-state index in [2.05, 4.69) is 41.5 Å².